The number of anilines is 1. The summed E-state index contributed by atoms with van der Waals surface area (Å²) in [6.45, 7) is 0. The molecule has 0 spiro atoms. The third kappa shape index (κ3) is 4.75. The van der Waals surface area contributed by atoms with Crippen LogP contribution in [0.25, 0.3) is 22.9 Å². The Morgan fingerprint density at radius 2 is 1.68 bits per heavy atom. The van der Waals surface area contributed by atoms with Gasteiger partial charge in [-0.15, -0.1) is 0 Å². The second-order valence-corrected chi connectivity index (χ2v) is 8.21. The van der Waals surface area contributed by atoms with E-state index in [0.29, 0.717) is 11.3 Å². The SMILES string of the molecule is O=S(=O)(Nc1ccc2ccccc2c1)c1cccc(C=Cc2noc(C(F)(F)F)n2)c1. The lowest BCUT2D eigenvalue weighted by molar-refractivity contribution is -0.159. The molecule has 0 aliphatic carbocycles. The maximum atomic E-state index is 12.8. The third-order valence-electron chi connectivity index (χ3n) is 4.28. The number of hydrogen-bond acceptors (Lipinski definition) is 5. The Bertz CT molecular complexity index is 1380. The minimum atomic E-state index is -4.73. The highest BCUT2D eigenvalue weighted by Gasteiger charge is 2.38. The summed E-state index contributed by atoms with van der Waals surface area (Å²) in [5.74, 6) is -1.74. The summed E-state index contributed by atoms with van der Waals surface area (Å²) in [5.41, 5.74) is 0.839. The normalized spacial score (nSPS) is 12.5. The van der Waals surface area contributed by atoms with Gasteiger partial charge in [0.15, 0.2) is 5.82 Å². The first-order valence-electron chi connectivity index (χ1n) is 8.91. The Kier molecular flexibility index (Phi) is 5.24. The predicted molar refractivity (Wildman–Crippen MR) is 109 cm³/mol. The lowest BCUT2D eigenvalue weighted by Crippen LogP contribution is -2.12. The second-order valence-electron chi connectivity index (χ2n) is 6.53. The summed E-state index contributed by atoms with van der Waals surface area (Å²) in [6.07, 6.45) is -2.15. The Morgan fingerprint density at radius 1 is 0.903 bits per heavy atom. The molecule has 0 bridgehead atoms. The quantitative estimate of drug-likeness (QED) is 0.456. The van der Waals surface area contributed by atoms with Crippen molar-refractivity contribution in [3.05, 3.63) is 84.0 Å². The first-order chi connectivity index (χ1) is 14.7. The van der Waals surface area contributed by atoms with Gasteiger partial charge >= 0.3 is 12.1 Å². The van der Waals surface area contributed by atoms with E-state index in [4.69, 9.17) is 0 Å². The van der Waals surface area contributed by atoms with Crippen LogP contribution in [-0.2, 0) is 16.2 Å². The number of sulfonamides is 1. The van der Waals surface area contributed by atoms with Crippen LogP contribution < -0.4 is 4.72 Å². The molecule has 0 saturated heterocycles. The first kappa shape index (κ1) is 20.6. The fourth-order valence-corrected chi connectivity index (χ4v) is 3.94. The summed E-state index contributed by atoms with van der Waals surface area (Å²) in [5, 5.41) is 5.09. The molecule has 158 valence electrons. The van der Waals surface area contributed by atoms with Gasteiger partial charge in [-0.05, 0) is 46.7 Å². The van der Waals surface area contributed by atoms with E-state index in [9.17, 15) is 21.6 Å². The Labute approximate surface area is 175 Å². The van der Waals surface area contributed by atoms with Crippen LogP contribution >= 0.6 is 0 Å². The molecule has 6 nitrogen and oxygen atoms in total. The average molecular weight is 445 g/mol. The number of hydrogen-bond donors (Lipinski definition) is 1. The van der Waals surface area contributed by atoms with Gasteiger partial charge in [0, 0.05) is 5.69 Å². The second kappa shape index (κ2) is 7.88. The fraction of sp³-hybridized carbons (Fsp3) is 0.0476. The van der Waals surface area contributed by atoms with Crippen LogP contribution in [-0.4, -0.2) is 18.6 Å². The van der Waals surface area contributed by atoms with Crippen LogP contribution in [0, 0.1) is 0 Å². The molecular formula is C21H14F3N3O3S. The summed E-state index contributed by atoms with van der Waals surface area (Å²) in [4.78, 5) is 3.22. The molecule has 1 aromatic heterocycles. The minimum absolute atomic E-state index is 0.00750. The van der Waals surface area contributed by atoms with Gasteiger partial charge in [0.25, 0.3) is 10.0 Å². The van der Waals surface area contributed by atoms with Crippen LogP contribution in [0.2, 0.25) is 0 Å². The summed E-state index contributed by atoms with van der Waals surface area (Å²) in [6, 6.07) is 18.7. The van der Waals surface area contributed by atoms with Gasteiger partial charge in [0.1, 0.15) is 0 Å². The number of nitrogens with zero attached hydrogens (tertiary/aromatic N) is 2. The molecular weight excluding hydrogens is 431 g/mol. The molecule has 0 aliphatic heterocycles. The highest BCUT2D eigenvalue weighted by atomic mass is 32.2. The van der Waals surface area contributed by atoms with Crippen molar-refractivity contribution in [1.29, 1.82) is 0 Å². The van der Waals surface area contributed by atoms with Crippen molar-refractivity contribution < 1.29 is 26.1 Å². The smallest absolute Gasteiger partial charge is 0.329 e. The summed E-state index contributed by atoms with van der Waals surface area (Å²) >= 11 is 0. The third-order valence-corrected chi connectivity index (χ3v) is 5.66. The monoisotopic (exact) mass is 445 g/mol. The molecule has 3 aromatic carbocycles. The Morgan fingerprint density at radius 3 is 2.42 bits per heavy atom. The highest BCUT2D eigenvalue weighted by Crippen LogP contribution is 2.27. The van der Waals surface area contributed by atoms with Crippen LogP contribution in [0.3, 0.4) is 0 Å². The van der Waals surface area contributed by atoms with Gasteiger partial charge in [-0.2, -0.15) is 18.2 Å². The van der Waals surface area contributed by atoms with Gasteiger partial charge in [-0.1, -0.05) is 53.7 Å². The number of fused-ring (bicyclic) bond motifs is 1. The number of nitrogens with one attached hydrogen (secondary N) is 1. The van der Waals surface area contributed by atoms with Gasteiger partial charge in [-0.3, -0.25) is 4.72 Å². The van der Waals surface area contributed by atoms with Crippen molar-refractivity contribution in [1.82, 2.24) is 10.1 Å². The standard InChI is InChI=1S/C21H14F3N3O3S/c22-21(23,24)20-25-19(26-30-20)11-8-14-4-3-7-18(12-14)31(28,29)27-17-10-9-15-5-1-2-6-16(15)13-17/h1-13,27H. The van der Waals surface area contributed by atoms with Crippen molar-refractivity contribution >= 4 is 38.6 Å². The number of alkyl halides is 3. The van der Waals surface area contributed by atoms with E-state index in [2.05, 4.69) is 19.4 Å². The van der Waals surface area contributed by atoms with Crippen molar-refractivity contribution in [2.24, 2.45) is 0 Å². The van der Waals surface area contributed by atoms with Gasteiger partial charge in [0.2, 0.25) is 0 Å². The molecule has 0 saturated carbocycles. The van der Waals surface area contributed by atoms with Crippen LogP contribution in [0.15, 0.2) is 76.1 Å². The van der Waals surface area contributed by atoms with E-state index in [0.717, 1.165) is 10.8 Å². The lowest BCUT2D eigenvalue weighted by atomic mass is 10.1. The van der Waals surface area contributed by atoms with E-state index in [1.54, 1.807) is 18.2 Å². The molecule has 31 heavy (non-hydrogen) atoms. The number of aromatic nitrogens is 2. The lowest BCUT2D eigenvalue weighted by Gasteiger charge is -2.09. The number of benzene rings is 3. The van der Waals surface area contributed by atoms with E-state index >= 15 is 0 Å². The van der Waals surface area contributed by atoms with Gasteiger partial charge < -0.3 is 4.52 Å². The maximum Gasteiger partial charge on any atom is 0.471 e. The molecule has 1 heterocycles. The van der Waals surface area contributed by atoms with Gasteiger partial charge in [-0.25, -0.2) is 8.42 Å². The van der Waals surface area contributed by atoms with Gasteiger partial charge in [0.05, 0.1) is 4.90 Å². The molecule has 0 fully saturated rings. The molecule has 10 heteroatoms. The maximum absolute atomic E-state index is 12.8. The zero-order valence-electron chi connectivity index (χ0n) is 15.7. The molecule has 0 amide bonds. The zero-order valence-corrected chi connectivity index (χ0v) is 16.5. The summed E-state index contributed by atoms with van der Waals surface area (Å²) in [7, 11) is -3.89. The number of halogens is 3. The van der Waals surface area contributed by atoms with Crippen LogP contribution in [0.4, 0.5) is 18.9 Å². The first-order valence-corrected chi connectivity index (χ1v) is 10.4. The average Bonchev–Trinajstić information content (AvgIpc) is 3.22. The molecule has 4 aromatic rings. The van der Waals surface area contributed by atoms with E-state index < -0.39 is 22.1 Å². The minimum Gasteiger partial charge on any atom is -0.329 e. The van der Waals surface area contributed by atoms with Crippen molar-refractivity contribution in [2.75, 3.05) is 4.72 Å². The van der Waals surface area contributed by atoms with Crippen molar-refractivity contribution in [2.45, 2.75) is 11.1 Å². The molecule has 1 N–H and O–H groups in total. The van der Waals surface area contributed by atoms with E-state index in [1.807, 2.05) is 30.3 Å². The topological polar surface area (TPSA) is 85.1 Å². The van der Waals surface area contributed by atoms with Crippen molar-refractivity contribution in [3.8, 4) is 0 Å². The molecule has 4 rings (SSSR count). The zero-order chi connectivity index (χ0) is 22.1. The van der Waals surface area contributed by atoms with E-state index in [1.165, 1.54) is 30.4 Å². The highest BCUT2D eigenvalue weighted by molar-refractivity contribution is 7.92. The summed E-state index contributed by atoms with van der Waals surface area (Å²) < 4.78 is 69.8. The molecule has 0 aliphatic rings. The Balaban J connectivity index is 1.55. The van der Waals surface area contributed by atoms with E-state index in [-0.39, 0.29) is 10.7 Å². The Hall–Kier alpha value is -3.66. The molecule has 0 unspecified atom stereocenters. The fourth-order valence-electron chi connectivity index (χ4n) is 2.84. The largest absolute Gasteiger partial charge is 0.471 e. The van der Waals surface area contributed by atoms with Crippen LogP contribution in [0.1, 0.15) is 17.3 Å². The van der Waals surface area contributed by atoms with Crippen molar-refractivity contribution in [3.63, 3.8) is 0 Å². The predicted octanol–water partition coefficient (Wildman–Crippen LogP) is 5.21. The molecule has 0 radical (unpaired) electrons. The molecule has 0 atom stereocenters. The van der Waals surface area contributed by atoms with Crippen LogP contribution in [0.5, 0.6) is 0 Å². The number of rotatable bonds is 5.